The van der Waals surface area contributed by atoms with Crippen molar-refractivity contribution in [3.05, 3.63) is 0 Å². The van der Waals surface area contributed by atoms with E-state index in [1.54, 1.807) is 0 Å². The quantitative estimate of drug-likeness (QED) is 0.694. The molecule has 3 nitrogen and oxygen atoms in total. The van der Waals surface area contributed by atoms with Crippen LogP contribution in [0.4, 0.5) is 0 Å². The highest BCUT2D eigenvalue weighted by Gasteiger charge is 2.46. The van der Waals surface area contributed by atoms with Gasteiger partial charge in [-0.1, -0.05) is 13.3 Å². The molecule has 1 heterocycles. The second-order valence-corrected chi connectivity index (χ2v) is 4.72. The molecule has 0 aromatic carbocycles. The zero-order valence-corrected chi connectivity index (χ0v) is 8.84. The maximum atomic E-state index is 10.2. The number of hydrogen-bond acceptors (Lipinski definition) is 3. The van der Waals surface area contributed by atoms with E-state index in [-0.39, 0.29) is 11.6 Å². The Morgan fingerprint density at radius 3 is 2.54 bits per heavy atom. The molecule has 1 aliphatic heterocycles. The Kier molecular flexibility index (Phi) is 3.00. The maximum absolute atomic E-state index is 10.2. The molecule has 0 bridgehead atoms. The van der Waals surface area contributed by atoms with Crippen LogP contribution < -0.4 is 5.73 Å². The van der Waals surface area contributed by atoms with Gasteiger partial charge in [0.05, 0.1) is 12.2 Å². The average molecular weight is 187 g/mol. The lowest BCUT2D eigenvalue weighted by Gasteiger charge is -2.28. The van der Waals surface area contributed by atoms with E-state index in [0.717, 1.165) is 12.8 Å². The number of hydrogen-bond donors (Lipinski definition) is 2. The molecule has 1 fully saturated rings. The molecule has 78 valence electrons. The third-order valence-electron chi connectivity index (χ3n) is 2.73. The van der Waals surface area contributed by atoms with Crippen LogP contribution in [0, 0.1) is 0 Å². The molecule has 2 atom stereocenters. The minimum absolute atomic E-state index is 0.153. The summed E-state index contributed by atoms with van der Waals surface area (Å²) in [6, 6.07) is -0.153. The molecule has 3 N–H and O–H groups in total. The summed E-state index contributed by atoms with van der Waals surface area (Å²) in [5.41, 5.74) is 4.89. The lowest BCUT2D eigenvalue weighted by Crippen LogP contribution is -2.49. The standard InChI is InChI=1S/C10H21NO2/c1-4-5-8(11)10(12)6-9(2,3)13-7-10/h8,12H,4-7,11H2,1-3H3. The fourth-order valence-corrected chi connectivity index (χ4v) is 1.98. The van der Waals surface area contributed by atoms with Crippen molar-refractivity contribution in [1.29, 1.82) is 0 Å². The van der Waals surface area contributed by atoms with Gasteiger partial charge in [-0.15, -0.1) is 0 Å². The third-order valence-corrected chi connectivity index (χ3v) is 2.73. The van der Waals surface area contributed by atoms with E-state index in [9.17, 15) is 5.11 Å². The fourth-order valence-electron chi connectivity index (χ4n) is 1.98. The summed E-state index contributed by atoms with van der Waals surface area (Å²) in [7, 11) is 0. The number of aliphatic hydroxyl groups is 1. The van der Waals surface area contributed by atoms with E-state index in [1.807, 2.05) is 13.8 Å². The number of ether oxygens (including phenoxy) is 1. The van der Waals surface area contributed by atoms with E-state index in [1.165, 1.54) is 0 Å². The average Bonchev–Trinajstić information content (AvgIpc) is 2.28. The molecule has 0 spiro atoms. The van der Waals surface area contributed by atoms with Gasteiger partial charge in [-0.25, -0.2) is 0 Å². The van der Waals surface area contributed by atoms with Crippen molar-refractivity contribution < 1.29 is 9.84 Å². The van der Waals surface area contributed by atoms with Crippen molar-refractivity contribution in [2.24, 2.45) is 5.73 Å². The molecule has 0 aromatic rings. The van der Waals surface area contributed by atoms with E-state index in [2.05, 4.69) is 6.92 Å². The van der Waals surface area contributed by atoms with Gasteiger partial charge >= 0.3 is 0 Å². The Balaban J connectivity index is 2.58. The van der Waals surface area contributed by atoms with Gasteiger partial charge in [0.25, 0.3) is 0 Å². The molecule has 1 saturated heterocycles. The first-order valence-electron chi connectivity index (χ1n) is 5.01. The summed E-state index contributed by atoms with van der Waals surface area (Å²) >= 11 is 0. The summed E-state index contributed by atoms with van der Waals surface area (Å²) in [4.78, 5) is 0. The van der Waals surface area contributed by atoms with Crippen molar-refractivity contribution >= 4 is 0 Å². The molecule has 0 aliphatic carbocycles. The Morgan fingerprint density at radius 2 is 2.15 bits per heavy atom. The van der Waals surface area contributed by atoms with E-state index >= 15 is 0 Å². The summed E-state index contributed by atoms with van der Waals surface area (Å²) in [5.74, 6) is 0. The van der Waals surface area contributed by atoms with Crippen LogP contribution in [0.1, 0.15) is 40.0 Å². The highest BCUT2D eigenvalue weighted by molar-refractivity contribution is 4.99. The van der Waals surface area contributed by atoms with Crippen LogP contribution in [0.3, 0.4) is 0 Å². The van der Waals surface area contributed by atoms with Gasteiger partial charge in [-0.05, 0) is 20.3 Å². The zero-order valence-electron chi connectivity index (χ0n) is 8.84. The number of rotatable bonds is 3. The molecule has 1 aliphatic rings. The second-order valence-electron chi connectivity index (χ2n) is 4.72. The van der Waals surface area contributed by atoms with Gasteiger partial charge in [0.1, 0.15) is 5.60 Å². The predicted octanol–water partition coefficient (Wildman–Crippen LogP) is 1.04. The summed E-state index contributed by atoms with van der Waals surface area (Å²) in [6.07, 6.45) is 2.50. The Hall–Kier alpha value is -0.120. The molecule has 1 rings (SSSR count). The molecule has 0 saturated carbocycles. The maximum Gasteiger partial charge on any atom is 0.106 e. The predicted molar refractivity (Wildman–Crippen MR) is 52.5 cm³/mol. The topological polar surface area (TPSA) is 55.5 Å². The first-order chi connectivity index (χ1) is 5.90. The molecule has 2 unspecified atom stereocenters. The third kappa shape index (κ3) is 2.42. The zero-order chi connectivity index (χ0) is 10.1. The number of nitrogens with two attached hydrogens (primary N) is 1. The minimum atomic E-state index is -0.806. The van der Waals surface area contributed by atoms with Crippen LogP contribution in [-0.2, 0) is 4.74 Å². The summed E-state index contributed by atoms with van der Waals surface area (Å²) in [5, 5.41) is 10.2. The van der Waals surface area contributed by atoms with Crippen molar-refractivity contribution in [3.63, 3.8) is 0 Å². The van der Waals surface area contributed by atoms with Gasteiger partial charge < -0.3 is 15.6 Å². The Bertz CT molecular complexity index is 182. The van der Waals surface area contributed by atoms with E-state index < -0.39 is 5.60 Å². The molecule has 3 heteroatoms. The molecular weight excluding hydrogens is 166 g/mol. The van der Waals surface area contributed by atoms with Crippen molar-refractivity contribution in [2.45, 2.75) is 57.3 Å². The first kappa shape index (κ1) is 11.0. The van der Waals surface area contributed by atoms with Gasteiger partial charge in [-0.3, -0.25) is 0 Å². The lowest BCUT2D eigenvalue weighted by atomic mass is 9.86. The smallest absolute Gasteiger partial charge is 0.106 e. The first-order valence-corrected chi connectivity index (χ1v) is 5.01. The van der Waals surface area contributed by atoms with Crippen LogP contribution >= 0.6 is 0 Å². The highest BCUT2D eigenvalue weighted by Crippen LogP contribution is 2.35. The van der Waals surface area contributed by atoms with Crippen LogP contribution in [0.2, 0.25) is 0 Å². The summed E-state index contributed by atoms with van der Waals surface area (Å²) in [6.45, 7) is 6.43. The van der Waals surface area contributed by atoms with Crippen LogP contribution in [0.5, 0.6) is 0 Å². The highest BCUT2D eigenvalue weighted by atomic mass is 16.5. The van der Waals surface area contributed by atoms with Crippen LogP contribution in [0.25, 0.3) is 0 Å². The monoisotopic (exact) mass is 187 g/mol. The van der Waals surface area contributed by atoms with Gasteiger partial charge in [0, 0.05) is 12.5 Å². The Labute approximate surface area is 80.3 Å². The van der Waals surface area contributed by atoms with Crippen LogP contribution in [-0.4, -0.2) is 29.0 Å². The fraction of sp³-hybridized carbons (Fsp3) is 1.00. The molecular formula is C10H21NO2. The largest absolute Gasteiger partial charge is 0.386 e. The van der Waals surface area contributed by atoms with E-state index in [4.69, 9.17) is 10.5 Å². The molecule has 0 radical (unpaired) electrons. The minimum Gasteiger partial charge on any atom is -0.386 e. The van der Waals surface area contributed by atoms with Gasteiger partial charge in [0.15, 0.2) is 0 Å². The normalized spacial score (nSPS) is 34.8. The Morgan fingerprint density at radius 1 is 1.54 bits per heavy atom. The second kappa shape index (κ2) is 3.56. The van der Waals surface area contributed by atoms with E-state index in [0.29, 0.717) is 13.0 Å². The van der Waals surface area contributed by atoms with Crippen LogP contribution in [0.15, 0.2) is 0 Å². The molecule has 0 aromatic heterocycles. The SMILES string of the molecule is CCCC(N)C1(O)COC(C)(C)C1. The summed E-state index contributed by atoms with van der Waals surface area (Å²) < 4.78 is 5.49. The van der Waals surface area contributed by atoms with Crippen molar-refractivity contribution in [2.75, 3.05) is 6.61 Å². The van der Waals surface area contributed by atoms with Gasteiger partial charge in [0.2, 0.25) is 0 Å². The van der Waals surface area contributed by atoms with Crippen molar-refractivity contribution in [1.82, 2.24) is 0 Å². The lowest BCUT2D eigenvalue weighted by molar-refractivity contribution is -0.00908. The molecule has 0 amide bonds. The molecule has 13 heavy (non-hydrogen) atoms. The van der Waals surface area contributed by atoms with Gasteiger partial charge in [-0.2, -0.15) is 0 Å². The van der Waals surface area contributed by atoms with Crippen molar-refractivity contribution in [3.8, 4) is 0 Å².